The van der Waals surface area contributed by atoms with Crippen LogP contribution < -0.4 is 11.1 Å². The number of benzene rings is 1. The maximum Gasteiger partial charge on any atom is 0.237 e. The number of amides is 1. The monoisotopic (exact) mass is 266 g/mol. The number of thioether (sulfide) groups is 1. The van der Waals surface area contributed by atoms with E-state index in [4.69, 9.17) is 5.73 Å². The van der Waals surface area contributed by atoms with Crippen LogP contribution >= 0.6 is 11.8 Å². The van der Waals surface area contributed by atoms with Gasteiger partial charge in [0.2, 0.25) is 5.91 Å². The van der Waals surface area contributed by atoms with E-state index in [0.29, 0.717) is 0 Å². The van der Waals surface area contributed by atoms with Crippen LogP contribution in [0.15, 0.2) is 24.3 Å². The summed E-state index contributed by atoms with van der Waals surface area (Å²) >= 11 is 1.68. The predicted molar refractivity (Wildman–Crippen MR) is 80.0 cm³/mol. The summed E-state index contributed by atoms with van der Waals surface area (Å²) in [7, 11) is 0. The molecule has 0 fully saturated rings. The van der Waals surface area contributed by atoms with Gasteiger partial charge in [-0.3, -0.25) is 4.79 Å². The lowest BCUT2D eigenvalue weighted by atomic mass is 10.2. The third kappa shape index (κ3) is 5.10. The molecule has 1 aromatic rings. The van der Waals surface area contributed by atoms with Gasteiger partial charge in [-0.15, -0.1) is 11.8 Å². The molecule has 1 rings (SSSR count). The summed E-state index contributed by atoms with van der Waals surface area (Å²) in [5.41, 5.74) is 7.42. The minimum Gasteiger partial charge on any atom is -0.330 e. The van der Waals surface area contributed by atoms with Crippen molar-refractivity contribution < 1.29 is 4.79 Å². The number of nitrogens with one attached hydrogen (secondary N) is 1. The van der Waals surface area contributed by atoms with Crippen LogP contribution in [0.3, 0.4) is 0 Å². The molecule has 100 valence electrons. The molecule has 1 unspecified atom stereocenters. The van der Waals surface area contributed by atoms with E-state index in [9.17, 15) is 4.79 Å². The van der Waals surface area contributed by atoms with Gasteiger partial charge in [-0.2, -0.15) is 0 Å². The maximum atomic E-state index is 12.0. The summed E-state index contributed by atoms with van der Waals surface area (Å²) in [5.74, 6) is 1.06. The Morgan fingerprint density at radius 3 is 2.78 bits per heavy atom. The number of hydrogen-bond donors (Lipinski definition) is 2. The number of nitrogens with two attached hydrogens (primary N) is 1. The highest BCUT2D eigenvalue weighted by Crippen LogP contribution is 2.17. The third-order valence-electron chi connectivity index (χ3n) is 2.74. The topological polar surface area (TPSA) is 55.1 Å². The molecule has 0 saturated carbocycles. The molecule has 0 aliphatic rings. The molecular weight excluding hydrogens is 244 g/mol. The molecule has 0 heterocycles. The molecule has 4 heteroatoms. The highest BCUT2D eigenvalue weighted by Gasteiger charge is 2.13. The summed E-state index contributed by atoms with van der Waals surface area (Å²) < 4.78 is 0. The normalized spacial score (nSPS) is 12.2. The van der Waals surface area contributed by atoms with Crippen molar-refractivity contribution in [1.29, 1.82) is 0 Å². The Balaban J connectivity index is 2.38. The van der Waals surface area contributed by atoms with E-state index in [1.54, 1.807) is 11.8 Å². The van der Waals surface area contributed by atoms with Gasteiger partial charge >= 0.3 is 0 Å². The average Bonchev–Trinajstić information content (AvgIpc) is 2.37. The number of rotatable bonds is 7. The number of hydrogen-bond acceptors (Lipinski definition) is 3. The van der Waals surface area contributed by atoms with Crippen molar-refractivity contribution in [3.05, 3.63) is 29.8 Å². The largest absolute Gasteiger partial charge is 0.330 e. The highest BCUT2D eigenvalue weighted by atomic mass is 32.2. The van der Waals surface area contributed by atoms with Crippen molar-refractivity contribution in [2.75, 3.05) is 17.6 Å². The maximum absolute atomic E-state index is 12.0. The number of anilines is 1. The van der Waals surface area contributed by atoms with E-state index >= 15 is 0 Å². The standard InChI is InChI=1S/C14H22N2OS/c1-11-7-3-4-8-13(11)16-14(17)12(2)18-10-6-5-9-15/h3-4,7-8,12H,5-6,9-10,15H2,1-2H3,(H,16,17). The fraction of sp³-hybridized carbons (Fsp3) is 0.500. The highest BCUT2D eigenvalue weighted by molar-refractivity contribution is 8.00. The number of carbonyl (C=O) groups excluding carboxylic acids is 1. The van der Waals surface area contributed by atoms with Crippen LogP contribution in [-0.4, -0.2) is 23.5 Å². The van der Waals surface area contributed by atoms with Gasteiger partial charge < -0.3 is 11.1 Å². The summed E-state index contributed by atoms with van der Waals surface area (Å²) in [6.07, 6.45) is 2.10. The van der Waals surface area contributed by atoms with Crippen LogP contribution in [0.2, 0.25) is 0 Å². The molecule has 0 radical (unpaired) electrons. The van der Waals surface area contributed by atoms with Crippen molar-refractivity contribution >= 4 is 23.4 Å². The molecule has 0 aromatic heterocycles. The first-order valence-corrected chi connectivity index (χ1v) is 7.38. The Kier molecular flexibility index (Phi) is 6.83. The van der Waals surface area contributed by atoms with Gasteiger partial charge in [0.25, 0.3) is 0 Å². The van der Waals surface area contributed by atoms with Gasteiger partial charge in [-0.1, -0.05) is 18.2 Å². The molecule has 1 amide bonds. The van der Waals surface area contributed by atoms with Gasteiger partial charge in [0.15, 0.2) is 0 Å². The van der Waals surface area contributed by atoms with Crippen molar-refractivity contribution in [3.63, 3.8) is 0 Å². The fourth-order valence-electron chi connectivity index (χ4n) is 1.53. The van der Waals surface area contributed by atoms with Crippen molar-refractivity contribution in [1.82, 2.24) is 0 Å². The number of unbranched alkanes of at least 4 members (excludes halogenated alkanes) is 1. The molecule has 0 spiro atoms. The third-order valence-corrected chi connectivity index (χ3v) is 3.98. The minimum atomic E-state index is -0.0256. The molecule has 3 nitrogen and oxygen atoms in total. The van der Waals surface area contributed by atoms with E-state index in [0.717, 1.165) is 36.4 Å². The van der Waals surface area contributed by atoms with Crippen molar-refractivity contribution in [3.8, 4) is 0 Å². The Hall–Kier alpha value is -1.000. The molecule has 0 saturated heterocycles. The van der Waals surface area contributed by atoms with Gasteiger partial charge in [0.05, 0.1) is 5.25 Å². The molecule has 18 heavy (non-hydrogen) atoms. The zero-order chi connectivity index (χ0) is 13.4. The average molecular weight is 266 g/mol. The first-order valence-electron chi connectivity index (χ1n) is 6.33. The zero-order valence-electron chi connectivity index (χ0n) is 11.1. The van der Waals surface area contributed by atoms with Crippen molar-refractivity contribution in [2.24, 2.45) is 5.73 Å². The molecule has 1 aromatic carbocycles. The molecule has 0 aliphatic heterocycles. The summed E-state index contributed by atoms with van der Waals surface area (Å²) in [4.78, 5) is 12.0. The predicted octanol–water partition coefficient (Wildman–Crippen LogP) is 2.79. The van der Waals surface area contributed by atoms with Crippen LogP contribution in [0.1, 0.15) is 25.3 Å². The Morgan fingerprint density at radius 2 is 2.11 bits per heavy atom. The summed E-state index contributed by atoms with van der Waals surface area (Å²) in [6.45, 7) is 4.67. The molecule has 0 aliphatic carbocycles. The van der Waals surface area contributed by atoms with Crippen LogP contribution in [-0.2, 0) is 4.79 Å². The van der Waals surface area contributed by atoms with E-state index in [1.165, 1.54) is 0 Å². The summed E-state index contributed by atoms with van der Waals surface area (Å²) in [6, 6.07) is 7.82. The SMILES string of the molecule is Cc1ccccc1NC(=O)C(C)SCCCCN. The molecule has 0 bridgehead atoms. The summed E-state index contributed by atoms with van der Waals surface area (Å²) in [5, 5.41) is 2.94. The second-order valence-corrected chi connectivity index (χ2v) is 5.76. The van der Waals surface area contributed by atoms with Crippen LogP contribution in [0.4, 0.5) is 5.69 Å². The molecule has 3 N–H and O–H groups in total. The van der Waals surface area contributed by atoms with E-state index in [1.807, 2.05) is 38.1 Å². The second-order valence-electron chi connectivity index (χ2n) is 4.31. The van der Waals surface area contributed by atoms with Crippen LogP contribution in [0.5, 0.6) is 0 Å². The van der Waals surface area contributed by atoms with E-state index in [-0.39, 0.29) is 11.2 Å². The van der Waals surface area contributed by atoms with Gasteiger partial charge in [-0.25, -0.2) is 0 Å². The lowest BCUT2D eigenvalue weighted by Crippen LogP contribution is -2.23. The van der Waals surface area contributed by atoms with E-state index < -0.39 is 0 Å². The first-order chi connectivity index (χ1) is 8.65. The fourth-order valence-corrected chi connectivity index (χ4v) is 2.46. The quantitative estimate of drug-likeness (QED) is 0.746. The van der Waals surface area contributed by atoms with Crippen LogP contribution in [0, 0.1) is 6.92 Å². The Labute approximate surface area is 114 Å². The van der Waals surface area contributed by atoms with Gasteiger partial charge in [0, 0.05) is 5.69 Å². The first kappa shape index (κ1) is 15.1. The smallest absolute Gasteiger partial charge is 0.237 e. The zero-order valence-corrected chi connectivity index (χ0v) is 11.9. The van der Waals surface area contributed by atoms with Gasteiger partial charge in [0.1, 0.15) is 0 Å². The van der Waals surface area contributed by atoms with Crippen LogP contribution in [0.25, 0.3) is 0 Å². The number of carbonyl (C=O) groups is 1. The lowest BCUT2D eigenvalue weighted by Gasteiger charge is -2.13. The molecular formula is C14H22N2OS. The minimum absolute atomic E-state index is 0.0256. The molecule has 1 atom stereocenters. The van der Waals surface area contributed by atoms with Gasteiger partial charge in [-0.05, 0) is 50.6 Å². The Bertz CT molecular complexity index is 382. The van der Waals surface area contributed by atoms with E-state index in [2.05, 4.69) is 5.32 Å². The number of para-hydroxylation sites is 1. The Morgan fingerprint density at radius 1 is 1.39 bits per heavy atom. The van der Waals surface area contributed by atoms with Crippen molar-refractivity contribution in [2.45, 2.75) is 31.9 Å². The second kappa shape index (κ2) is 8.16. The lowest BCUT2D eigenvalue weighted by molar-refractivity contribution is -0.115. The number of aryl methyl sites for hydroxylation is 1.